The van der Waals surface area contributed by atoms with Gasteiger partial charge in [-0.1, -0.05) is 31.2 Å². The molecule has 102 valence electrons. The first-order valence-electron chi connectivity index (χ1n) is 6.57. The van der Waals surface area contributed by atoms with Crippen molar-refractivity contribution in [1.82, 2.24) is 10.3 Å². The van der Waals surface area contributed by atoms with E-state index in [4.69, 9.17) is 0 Å². The smallest absolute Gasteiger partial charge is 0.254 e. The summed E-state index contributed by atoms with van der Waals surface area (Å²) in [6.45, 7) is 2.56. The van der Waals surface area contributed by atoms with Gasteiger partial charge < -0.3 is 5.32 Å². The number of alkyl halides is 2. The summed E-state index contributed by atoms with van der Waals surface area (Å²) in [5.41, 5.74) is 1.55. The molecule has 1 N–H and O–H groups in total. The summed E-state index contributed by atoms with van der Waals surface area (Å²) in [4.78, 5) is 4.43. The van der Waals surface area contributed by atoms with E-state index in [9.17, 15) is 8.78 Å². The van der Waals surface area contributed by atoms with Gasteiger partial charge in [-0.05, 0) is 25.1 Å². The van der Waals surface area contributed by atoms with Crippen LogP contribution in [0.4, 0.5) is 8.78 Å². The lowest BCUT2D eigenvalue weighted by Crippen LogP contribution is -2.38. The Balaban J connectivity index is 2.14. The summed E-state index contributed by atoms with van der Waals surface area (Å²) < 4.78 is 25.9. The Hall–Kier alpha value is -1.55. The lowest BCUT2D eigenvalue weighted by molar-refractivity contribution is 0.0979. The summed E-state index contributed by atoms with van der Waals surface area (Å²) in [5.74, 6) is 0. The number of benzene rings is 1. The third-order valence-corrected chi connectivity index (χ3v) is 3.05. The molecule has 0 radical (unpaired) electrons. The molecule has 0 saturated carbocycles. The van der Waals surface area contributed by atoms with Crippen LogP contribution in [0.1, 0.15) is 19.0 Å². The number of hydrogen-bond donors (Lipinski definition) is 1. The molecule has 2 aromatic rings. The molecule has 0 aliphatic rings. The highest BCUT2D eigenvalue weighted by molar-refractivity contribution is 5.78. The van der Waals surface area contributed by atoms with Crippen LogP contribution in [-0.4, -0.2) is 24.0 Å². The topological polar surface area (TPSA) is 24.9 Å². The Bertz CT molecular complexity index is 528. The van der Waals surface area contributed by atoms with E-state index < -0.39 is 12.5 Å². The monoisotopic (exact) mass is 264 g/mol. The van der Waals surface area contributed by atoms with Crippen LogP contribution in [0, 0.1) is 0 Å². The van der Waals surface area contributed by atoms with Crippen LogP contribution in [0.3, 0.4) is 0 Å². The number of aromatic nitrogens is 1. The fourth-order valence-electron chi connectivity index (χ4n) is 2.03. The molecule has 1 unspecified atom stereocenters. The first-order chi connectivity index (χ1) is 9.20. The Morgan fingerprint density at radius 1 is 1.16 bits per heavy atom. The zero-order valence-electron chi connectivity index (χ0n) is 10.9. The van der Waals surface area contributed by atoms with Gasteiger partial charge in [-0.2, -0.15) is 0 Å². The van der Waals surface area contributed by atoms with Crippen molar-refractivity contribution in [3.8, 4) is 0 Å². The van der Waals surface area contributed by atoms with Crippen LogP contribution in [0.25, 0.3) is 10.9 Å². The molecule has 4 heteroatoms. The van der Waals surface area contributed by atoms with E-state index >= 15 is 0 Å². The number of nitrogens with one attached hydrogen (secondary N) is 1. The molecule has 0 amide bonds. The van der Waals surface area contributed by atoms with Gasteiger partial charge in [0, 0.05) is 17.5 Å². The SMILES string of the molecule is CCCNC(Cc1ccc2ccccc2n1)C(F)F. The summed E-state index contributed by atoms with van der Waals surface area (Å²) >= 11 is 0. The van der Waals surface area contributed by atoms with E-state index in [-0.39, 0.29) is 6.42 Å². The van der Waals surface area contributed by atoms with Gasteiger partial charge in [-0.15, -0.1) is 0 Å². The molecular weight excluding hydrogens is 246 g/mol. The molecule has 1 aromatic heterocycles. The fraction of sp³-hybridized carbons (Fsp3) is 0.400. The molecule has 0 aliphatic carbocycles. The lowest BCUT2D eigenvalue weighted by atomic mass is 10.1. The van der Waals surface area contributed by atoms with E-state index in [0.717, 1.165) is 17.3 Å². The Morgan fingerprint density at radius 3 is 2.68 bits per heavy atom. The first kappa shape index (κ1) is 13.9. The van der Waals surface area contributed by atoms with E-state index in [0.29, 0.717) is 12.2 Å². The van der Waals surface area contributed by atoms with Crippen molar-refractivity contribution in [3.63, 3.8) is 0 Å². The standard InChI is InChI=1S/C15H18F2N2/c1-2-9-18-14(15(16)17)10-12-8-7-11-5-3-4-6-13(11)19-12/h3-8,14-15,18H,2,9-10H2,1H3. The minimum absolute atomic E-state index is 0.252. The quantitative estimate of drug-likeness (QED) is 0.864. The second kappa shape index (κ2) is 6.57. The second-order valence-electron chi connectivity index (χ2n) is 4.59. The minimum atomic E-state index is -2.38. The van der Waals surface area contributed by atoms with Crippen LogP contribution in [0.2, 0.25) is 0 Å². The third-order valence-electron chi connectivity index (χ3n) is 3.05. The van der Waals surface area contributed by atoms with Crippen LogP contribution in [-0.2, 0) is 6.42 Å². The van der Waals surface area contributed by atoms with Gasteiger partial charge in [0.05, 0.1) is 11.6 Å². The third kappa shape index (κ3) is 3.70. The molecule has 19 heavy (non-hydrogen) atoms. The molecule has 0 saturated heterocycles. The minimum Gasteiger partial charge on any atom is -0.309 e. The fourth-order valence-corrected chi connectivity index (χ4v) is 2.03. The summed E-state index contributed by atoms with van der Waals surface area (Å²) in [6, 6.07) is 10.6. The van der Waals surface area contributed by atoms with Crippen molar-refractivity contribution >= 4 is 10.9 Å². The van der Waals surface area contributed by atoms with Gasteiger partial charge in [0.2, 0.25) is 0 Å². The molecule has 1 aromatic carbocycles. The average molecular weight is 264 g/mol. The number of para-hydroxylation sites is 1. The van der Waals surface area contributed by atoms with Gasteiger partial charge in [0.1, 0.15) is 0 Å². The van der Waals surface area contributed by atoms with Crippen molar-refractivity contribution in [2.45, 2.75) is 32.2 Å². The van der Waals surface area contributed by atoms with Gasteiger partial charge >= 0.3 is 0 Å². The highest BCUT2D eigenvalue weighted by atomic mass is 19.3. The molecule has 1 atom stereocenters. The molecular formula is C15H18F2N2. The first-order valence-corrected chi connectivity index (χ1v) is 6.57. The number of pyridine rings is 1. The van der Waals surface area contributed by atoms with Crippen LogP contribution >= 0.6 is 0 Å². The second-order valence-corrected chi connectivity index (χ2v) is 4.59. The number of rotatable bonds is 6. The molecule has 0 bridgehead atoms. The summed E-state index contributed by atoms with van der Waals surface area (Å²) in [5, 5.41) is 3.90. The molecule has 2 nitrogen and oxygen atoms in total. The Kier molecular flexibility index (Phi) is 4.80. The number of fused-ring (bicyclic) bond motifs is 1. The summed E-state index contributed by atoms with van der Waals surface area (Å²) in [7, 11) is 0. The van der Waals surface area contributed by atoms with Gasteiger partial charge in [-0.25, -0.2) is 8.78 Å². The molecule has 1 heterocycles. The molecule has 0 spiro atoms. The van der Waals surface area contributed by atoms with Crippen LogP contribution in [0.15, 0.2) is 36.4 Å². The predicted octanol–water partition coefficient (Wildman–Crippen LogP) is 3.41. The van der Waals surface area contributed by atoms with Crippen molar-refractivity contribution < 1.29 is 8.78 Å². The highest BCUT2D eigenvalue weighted by Gasteiger charge is 2.20. The van der Waals surface area contributed by atoms with Crippen LogP contribution in [0.5, 0.6) is 0 Å². The highest BCUT2D eigenvalue weighted by Crippen LogP contribution is 2.14. The van der Waals surface area contributed by atoms with Gasteiger partial charge in [0.15, 0.2) is 0 Å². The Morgan fingerprint density at radius 2 is 1.95 bits per heavy atom. The Labute approximate surface area is 111 Å². The normalized spacial score (nSPS) is 13.1. The molecule has 0 fully saturated rings. The zero-order chi connectivity index (χ0) is 13.7. The van der Waals surface area contributed by atoms with E-state index in [1.165, 1.54) is 0 Å². The lowest BCUT2D eigenvalue weighted by Gasteiger charge is -2.17. The predicted molar refractivity (Wildman–Crippen MR) is 73.5 cm³/mol. The van der Waals surface area contributed by atoms with Gasteiger partial charge in [-0.3, -0.25) is 4.98 Å². The maximum absolute atomic E-state index is 12.9. The zero-order valence-corrected chi connectivity index (χ0v) is 10.9. The van der Waals surface area contributed by atoms with Crippen molar-refractivity contribution in [3.05, 3.63) is 42.1 Å². The van der Waals surface area contributed by atoms with Crippen molar-refractivity contribution in [2.75, 3.05) is 6.54 Å². The molecule has 2 rings (SSSR count). The van der Waals surface area contributed by atoms with E-state index in [2.05, 4.69) is 10.3 Å². The maximum atomic E-state index is 12.9. The average Bonchev–Trinajstić information content (AvgIpc) is 2.43. The number of nitrogens with zero attached hydrogens (tertiary/aromatic N) is 1. The summed E-state index contributed by atoms with van der Waals surface area (Å²) in [6.07, 6.45) is -1.28. The van der Waals surface area contributed by atoms with E-state index in [1.807, 2.05) is 43.3 Å². The van der Waals surface area contributed by atoms with Crippen molar-refractivity contribution in [1.29, 1.82) is 0 Å². The maximum Gasteiger partial charge on any atom is 0.254 e. The molecule has 0 aliphatic heterocycles. The van der Waals surface area contributed by atoms with Crippen LogP contribution < -0.4 is 5.32 Å². The largest absolute Gasteiger partial charge is 0.309 e. The van der Waals surface area contributed by atoms with Crippen molar-refractivity contribution in [2.24, 2.45) is 0 Å². The number of hydrogen-bond acceptors (Lipinski definition) is 2. The number of halogens is 2. The van der Waals surface area contributed by atoms with Gasteiger partial charge in [0.25, 0.3) is 6.43 Å². The van der Waals surface area contributed by atoms with E-state index in [1.54, 1.807) is 0 Å².